The van der Waals surface area contributed by atoms with E-state index in [9.17, 15) is 4.79 Å². The molecule has 0 amide bonds. The largest absolute Gasteiger partial charge is 0.295 e. The summed E-state index contributed by atoms with van der Waals surface area (Å²) in [5, 5.41) is 4.11. The Balaban J connectivity index is 2.84. The van der Waals surface area contributed by atoms with Crippen molar-refractivity contribution in [3.63, 3.8) is 0 Å². The maximum Gasteiger partial charge on any atom is 0.155 e. The van der Waals surface area contributed by atoms with Gasteiger partial charge in [-0.25, -0.2) is 0 Å². The summed E-state index contributed by atoms with van der Waals surface area (Å²) in [6.45, 7) is 6.26. The van der Waals surface area contributed by atoms with E-state index in [1.807, 2.05) is 30.8 Å². The van der Waals surface area contributed by atoms with Crippen LogP contribution in [0, 0.1) is 0 Å². The Morgan fingerprint density at radius 3 is 2.77 bits per heavy atom. The van der Waals surface area contributed by atoms with Crippen LogP contribution in [0.5, 0.6) is 0 Å². The Bertz CT molecular complexity index is 336. The molecule has 0 radical (unpaired) electrons. The fourth-order valence-electron chi connectivity index (χ4n) is 0.979. The number of ketones is 1. The fraction of sp³-hybridized carbons (Fsp3) is 0.400. The van der Waals surface area contributed by atoms with E-state index in [2.05, 4.69) is 5.10 Å². The Hall–Kier alpha value is -1.38. The summed E-state index contributed by atoms with van der Waals surface area (Å²) in [6, 6.07) is 0. The minimum atomic E-state index is 0.101. The van der Waals surface area contributed by atoms with Crippen molar-refractivity contribution in [2.24, 2.45) is 0 Å². The predicted molar refractivity (Wildman–Crippen MR) is 52.2 cm³/mol. The predicted octanol–water partition coefficient (Wildman–Crippen LogP) is 1.90. The van der Waals surface area contributed by atoms with Crippen molar-refractivity contribution in [2.45, 2.75) is 27.3 Å². The molecule has 0 aromatic carbocycles. The monoisotopic (exact) mass is 178 g/mol. The molecule has 13 heavy (non-hydrogen) atoms. The molecule has 1 aromatic rings. The highest BCUT2D eigenvalue weighted by Crippen LogP contribution is 2.05. The van der Waals surface area contributed by atoms with E-state index in [0.717, 1.165) is 17.7 Å². The Labute approximate surface area is 78.1 Å². The zero-order valence-electron chi connectivity index (χ0n) is 8.24. The van der Waals surface area contributed by atoms with E-state index in [1.165, 1.54) is 0 Å². The van der Waals surface area contributed by atoms with Crippen LogP contribution in [-0.2, 0) is 11.3 Å². The normalized spacial score (nSPS) is 11.8. The Morgan fingerprint density at radius 1 is 1.62 bits per heavy atom. The molecule has 0 bridgehead atoms. The van der Waals surface area contributed by atoms with Gasteiger partial charge in [-0.05, 0) is 32.4 Å². The number of carbonyl (C=O) groups is 1. The number of Topliss-reactive ketones (excluding diaryl/α,β-unsaturated/α-hetero) is 1. The molecule has 0 atom stereocenters. The maximum atomic E-state index is 10.9. The van der Waals surface area contributed by atoms with Crippen molar-refractivity contribution >= 4 is 11.9 Å². The Kier molecular flexibility index (Phi) is 3.01. The summed E-state index contributed by atoms with van der Waals surface area (Å²) in [4.78, 5) is 10.9. The topological polar surface area (TPSA) is 34.9 Å². The second-order valence-corrected chi connectivity index (χ2v) is 3.01. The minimum absolute atomic E-state index is 0.101. The van der Waals surface area contributed by atoms with Gasteiger partial charge < -0.3 is 0 Å². The molecular weight excluding hydrogens is 164 g/mol. The highest BCUT2D eigenvalue weighted by molar-refractivity contribution is 5.96. The third-order valence-corrected chi connectivity index (χ3v) is 1.92. The van der Waals surface area contributed by atoms with Gasteiger partial charge in [0, 0.05) is 18.3 Å². The van der Waals surface area contributed by atoms with Crippen molar-refractivity contribution in [3.8, 4) is 0 Å². The van der Waals surface area contributed by atoms with Crippen molar-refractivity contribution in [1.82, 2.24) is 9.78 Å². The van der Waals surface area contributed by atoms with Gasteiger partial charge in [-0.1, -0.05) is 0 Å². The van der Waals surface area contributed by atoms with Gasteiger partial charge in [0.1, 0.15) is 0 Å². The lowest BCUT2D eigenvalue weighted by Crippen LogP contribution is -1.92. The van der Waals surface area contributed by atoms with Gasteiger partial charge in [0.05, 0.1) is 6.20 Å². The maximum absolute atomic E-state index is 10.9. The van der Waals surface area contributed by atoms with Crippen LogP contribution in [0.25, 0.3) is 6.08 Å². The van der Waals surface area contributed by atoms with Crippen molar-refractivity contribution in [2.75, 3.05) is 0 Å². The zero-order chi connectivity index (χ0) is 9.84. The molecule has 70 valence electrons. The van der Waals surface area contributed by atoms with E-state index in [0.29, 0.717) is 0 Å². The summed E-state index contributed by atoms with van der Waals surface area (Å²) in [7, 11) is 0. The van der Waals surface area contributed by atoms with Gasteiger partial charge in [0.2, 0.25) is 0 Å². The van der Waals surface area contributed by atoms with Crippen LogP contribution < -0.4 is 0 Å². The van der Waals surface area contributed by atoms with Gasteiger partial charge in [0.25, 0.3) is 0 Å². The molecule has 0 aliphatic rings. The number of carbonyl (C=O) groups excluding carboxylic acids is 1. The molecule has 1 aromatic heterocycles. The van der Waals surface area contributed by atoms with Gasteiger partial charge in [-0.3, -0.25) is 9.48 Å². The number of nitrogens with zero attached hydrogens (tertiary/aromatic N) is 2. The van der Waals surface area contributed by atoms with E-state index < -0.39 is 0 Å². The summed E-state index contributed by atoms with van der Waals surface area (Å²) in [5.41, 5.74) is 1.74. The molecule has 0 aliphatic carbocycles. The molecular formula is C10H14N2O. The molecule has 0 spiro atoms. The summed E-state index contributed by atoms with van der Waals surface area (Å²) >= 11 is 0. The molecule has 0 aliphatic heterocycles. The first-order valence-corrected chi connectivity index (χ1v) is 4.35. The number of allylic oxidation sites excluding steroid dienone is 1. The molecule has 3 heteroatoms. The van der Waals surface area contributed by atoms with Crippen LogP contribution in [0.15, 0.2) is 18.0 Å². The zero-order valence-corrected chi connectivity index (χ0v) is 8.24. The molecule has 0 saturated carbocycles. The van der Waals surface area contributed by atoms with Crippen LogP contribution in [0.2, 0.25) is 0 Å². The fourth-order valence-corrected chi connectivity index (χ4v) is 0.979. The number of hydrogen-bond donors (Lipinski definition) is 0. The van der Waals surface area contributed by atoms with Gasteiger partial charge in [0.15, 0.2) is 5.78 Å². The summed E-state index contributed by atoms with van der Waals surface area (Å²) < 4.78 is 1.83. The van der Waals surface area contributed by atoms with Gasteiger partial charge >= 0.3 is 0 Å². The minimum Gasteiger partial charge on any atom is -0.295 e. The quantitative estimate of drug-likeness (QED) is 0.662. The third kappa shape index (κ3) is 2.54. The van der Waals surface area contributed by atoms with E-state index in [-0.39, 0.29) is 5.78 Å². The first-order valence-electron chi connectivity index (χ1n) is 4.35. The van der Waals surface area contributed by atoms with Gasteiger partial charge in [-0.2, -0.15) is 5.10 Å². The number of aryl methyl sites for hydroxylation is 1. The standard InChI is InChI=1S/C10H14N2O/c1-4-12-7-10(6-11-12)5-8(2)9(3)13/h5-7H,4H2,1-3H3/b8-5-. The highest BCUT2D eigenvalue weighted by Gasteiger charge is 1.98. The number of hydrogen-bond acceptors (Lipinski definition) is 2. The molecule has 1 rings (SSSR count). The number of rotatable bonds is 3. The lowest BCUT2D eigenvalue weighted by molar-refractivity contribution is -0.113. The van der Waals surface area contributed by atoms with Crippen LogP contribution in [0.4, 0.5) is 0 Å². The average Bonchev–Trinajstić information content (AvgIpc) is 2.52. The molecule has 0 unspecified atom stereocenters. The molecule has 0 saturated heterocycles. The first kappa shape index (κ1) is 9.71. The lowest BCUT2D eigenvalue weighted by Gasteiger charge is -1.92. The average molecular weight is 178 g/mol. The number of aromatic nitrogens is 2. The van der Waals surface area contributed by atoms with Crippen molar-refractivity contribution in [1.29, 1.82) is 0 Å². The highest BCUT2D eigenvalue weighted by atomic mass is 16.1. The molecule has 3 nitrogen and oxygen atoms in total. The molecule has 0 N–H and O–H groups in total. The van der Waals surface area contributed by atoms with Crippen LogP contribution in [-0.4, -0.2) is 15.6 Å². The molecule has 1 heterocycles. The smallest absolute Gasteiger partial charge is 0.155 e. The van der Waals surface area contributed by atoms with Crippen LogP contribution >= 0.6 is 0 Å². The second kappa shape index (κ2) is 4.03. The van der Waals surface area contributed by atoms with Crippen LogP contribution in [0.3, 0.4) is 0 Å². The first-order chi connectivity index (χ1) is 6.13. The van der Waals surface area contributed by atoms with Crippen molar-refractivity contribution < 1.29 is 4.79 Å². The SMILES string of the molecule is CCn1cc(/C=C(/C)C(C)=O)cn1. The van der Waals surface area contributed by atoms with Crippen molar-refractivity contribution in [3.05, 3.63) is 23.5 Å². The van der Waals surface area contributed by atoms with Crippen LogP contribution in [0.1, 0.15) is 26.3 Å². The van der Waals surface area contributed by atoms with Gasteiger partial charge in [-0.15, -0.1) is 0 Å². The lowest BCUT2D eigenvalue weighted by atomic mass is 10.1. The van der Waals surface area contributed by atoms with E-state index >= 15 is 0 Å². The third-order valence-electron chi connectivity index (χ3n) is 1.92. The summed E-state index contributed by atoms with van der Waals surface area (Å²) in [6.07, 6.45) is 5.53. The van der Waals surface area contributed by atoms with E-state index in [1.54, 1.807) is 13.1 Å². The van der Waals surface area contributed by atoms with E-state index in [4.69, 9.17) is 0 Å². The second-order valence-electron chi connectivity index (χ2n) is 3.01. The molecule has 0 fully saturated rings. The summed E-state index contributed by atoms with van der Waals surface area (Å²) in [5.74, 6) is 0.101. The Morgan fingerprint density at radius 2 is 2.31 bits per heavy atom.